The molecule has 1 aromatic rings. The minimum Gasteiger partial charge on any atom is -0.342 e. The summed E-state index contributed by atoms with van der Waals surface area (Å²) in [6.45, 7) is 11.8. The van der Waals surface area contributed by atoms with Crippen LogP contribution in [0.25, 0.3) is 0 Å². The Kier molecular flexibility index (Phi) is 12.5. The Balaban J connectivity index is 2.29. The average Bonchev–Trinajstić information content (AvgIpc) is 2.90. The van der Waals surface area contributed by atoms with Gasteiger partial charge in [-0.15, -0.1) is 0 Å². The Hall–Kier alpha value is -2.37. The summed E-state index contributed by atoms with van der Waals surface area (Å²) < 4.78 is 26.5. The van der Waals surface area contributed by atoms with E-state index >= 15 is 0 Å². The Morgan fingerprint density at radius 1 is 1.07 bits per heavy atom. The molecule has 3 amide bonds. The van der Waals surface area contributed by atoms with Crippen LogP contribution in [-0.4, -0.2) is 74.3 Å². The van der Waals surface area contributed by atoms with Crippen molar-refractivity contribution in [2.45, 2.75) is 90.8 Å². The molecule has 1 aliphatic rings. The first-order chi connectivity index (χ1) is 19.0. The summed E-state index contributed by atoms with van der Waals surface area (Å²) in [5, 5.41) is 6.20. The predicted octanol–water partition coefficient (Wildman–Crippen LogP) is 3.18. The van der Waals surface area contributed by atoms with Gasteiger partial charge in [0.1, 0.15) is 6.04 Å². The highest BCUT2D eigenvalue weighted by Crippen LogP contribution is 2.30. The van der Waals surface area contributed by atoms with Crippen molar-refractivity contribution in [1.29, 1.82) is 0 Å². The van der Waals surface area contributed by atoms with E-state index in [2.05, 4.69) is 28.0 Å². The molecule has 0 aliphatic carbocycles. The summed E-state index contributed by atoms with van der Waals surface area (Å²) in [7, 11) is -2.03. The first-order valence-corrected chi connectivity index (χ1v) is 16.5. The van der Waals surface area contributed by atoms with Gasteiger partial charge in [0, 0.05) is 17.5 Å². The van der Waals surface area contributed by atoms with Gasteiger partial charge in [-0.25, -0.2) is 13.1 Å². The number of likely N-dealkylation sites (N-methyl/N-ethyl adjacent to an activating group) is 1. The van der Waals surface area contributed by atoms with Crippen LogP contribution < -0.4 is 15.4 Å². The number of piperidine rings is 1. The minimum absolute atomic E-state index is 0.189. The van der Waals surface area contributed by atoms with Crippen LogP contribution in [0.1, 0.15) is 72.8 Å². The molecule has 1 heterocycles. The normalized spacial score (nSPS) is 18.4. The van der Waals surface area contributed by atoms with Crippen LogP contribution in [0.15, 0.2) is 42.0 Å². The molecule has 1 saturated heterocycles. The van der Waals surface area contributed by atoms with Gasteiger partial charge < -0.3 is 15.5 Å². The monoisotopic (exact) mass is 608 g/mol. The van der Waals surface area contributed by atoms with Crippen molar-refractivity contribution in [3.05, 3.63) is 47.5 Å². The van der Waals surface area contributed by atoms with Crippen LogP contribution in [0, 0.1) is 5.41 Å². The van der Waals surface area contributed by atoms with Crippen LogP contribution in [0.3, 0.4) is 0 Å². The number of benzene rings is 1. The standard InChI is InChI=1S/C30H48N4O5S2/c1-21(26(35)33-41(38,39)19-13-18-40)20-23-16-11-12-17-34(23)28(37)25(29(2,3)4)32-27(36)24(31-7)30(5,6)22-14-9-8-10-15-22/h8-10,14-15,20,23-25,31,40H,11-13,16-19H2,1-7H3,(H,32,36)(H,33,35)/t23?,24-,25?/m1/s1. The van der Waals surface area contributed by atoms with E-state index in [1.165, 1.54) is 0 Å². The summed E-state index contributed by atoms with van der Waals surface area (Å²) in [4.78, 5) is 42.2. The van der Waals surface area contributed by atoms with Crippen molar-refractivity contribution in [2.75, 3.05) is 25.1 Å². The maximum atomic E-state index is 14.1. The van der Waals surface area contributed by atoms with Crippen LogP contribution >= 0.6 is 12.6 Å². The molecule has 0 saturated carbocycles. The molecule has 9 nitrogen and oxygen atoms in total. The van der Waals surface area contributed by atoms with E-state index in [9.17, 15) is 22.8 Å². The average molecular weight is 609 g/mol. The maximum Gasteiger partial charge on any atom is 0.260 e. The second kappa shape index (κ2) is 14.7. The van der Waals surface area contributed by atoms with E-state index in [4.69, 9.17) is 0 Å². The number of nitrogens with one attached hydrogen (secondary N) is 3. The van der Waals surface area contributed by atoms with Gasteiger partial charge in [-0.2, -0.15) is 12.6 Å². The van der Waals surface area contributed by atoms with Gasteiger partial charge in [0.15, 0.2) is 0 Å². The van der Waals surface area contributed by atoms with E-state index in [1.54, 1.807) is 24.9 Å². The largest absolute Gasteiger partial charge is 0.342 e. The second-order valence-electron chi connectivity index (χ2n) is 12.4. The number of nitrogens with zero attached hydrogens (tertiary/aromatic N) is 1. The second-order valence-corrected chi connectivity index (χ2v) is 14.7. The molecule has 1 aromatic carbocycles. The molecule has 3 atom stereocenters. The molecule has 0 aromatic heterocycles. The highest BCUT2D eigenvalue weighted by Gasteiger charge is 2.42. The van der Waals surface area contributed by atoms with Crippen molar-refractivity contribution in [1.82, 2.24) is 20.3 Å². The molecule has 1 fully saturated rings. The summed E-state index contributed by atoms with van der Waals surface area (Å²) in [6, 6.07) is 7.96. The SMILES string of the molecule is CN[C@H](C(=O)NC(C(=O)N1CCCCC1C=C(C)C(=O)NS(=O)(=O)CCCS)C(C)(C)C)C(C)(C)c1ccccc1. The molecule has 0 bridgehead atoms. The van der Waals surface area contributed by atoms with Crippen LogP contribution in [-0.2, 0) is 29.8 Å². The summed E-state index contributed by atoms with van der Waals surface area (Å²) in [5.41, 5.74) is 0.0666. The van der Waals surface area contributed by atoms with Crippen molar-refractivity contribution in [2.24, 2.45) is 5.41 Å². The van der Waals surface area contributed by atoms with E-state index in [-0.39, 0.29) is 23.1 Å². The molecule has 0 spiro atoms. The maximum absolute atomic E-state index is 14.1. The Morgan fingerprint density at radius 3 is 2.27 bits per heavy atom. The molecule has 230 valence electrons. The smallest absolute Gasteiger partial charge is 0.260 e. The lowest BCUT2D eigenvalue weighted by molar-refractivity contribution is -0.142. The Labute approximate surface area is 251 Å². The predicted molar refractivity (Wildman–Crippen MR) is 167 cm³/mol. The number of rotatable bonds is 12. The molecule has 0 radical (unpaired) electrons. The molecule has 1 aliphatic heterocycles. The first-order valence-electron chi connectivity index (χ1n) is 14.2. The number of hydrogen-bond donors (Lipinski definition) is 4. The number of carbonyl (C=O) groups excluding carboxylic acids is 3. The quantitative estimate of drug-likeness (QED) is 0.214. The molecule has 2 rings (SSSR count). The van der Waals surface area contributed by atoms with Gasteiger partial charge in [-0.1, -0.05) is 71.0 Å². The Bertz CT molecular complexity index is 1190. The van der Waals surface area contributed by atoms with E-state index < -0.39 is 44.9 Å². The van der Waals surface area contributed by atoms with Gasteiger partial charge in [0.2, 0.25) is 21.8 Å². The fourth-order valence-corrected chi connectivity index (χ4v) is 6.63. The molecule has 11 heteroatoms. The van der Waals surface area contributed by atoms with Gasteiger partial charge in [-0.3, -0.25) is 14.4 Å². The number of likely N-dealkylation sites (tertiary alicyclic amines) is 1. The summed E-state index contributed by atoms with van der Waals surface area (Å²) in [6.07, 6.45) is 4.28. The van der Waals surface area contributed by atoms with Gasteiger partial charge in [-0.05, 0) is 56.4 Å². The molecular weight excluding hydrogens is 560 g/mol. The van der Waals surface area contributed by atoms with Crippen molar-refractivity contribution >= 4 is 40.4 Å². The molecule has 3 N–H and O–H groups in total. The molecule has 2 unspecified atom stereocenters. The lowest BCUT2D eigenvalue weighted by Gasteiger charge is -2.41. The van der Waals surface area contributed by atoms with Crippen LogP contribution in [0.4, 0.5) is 0 Å². The number of hydrogen-bond acceptors (Lipinski definition) is 7. The van der Waals surface area contributed by atoms with E-state index in [0.29, 0.717) is 25.1 Å². The van der Waals surface area contributed by atoms with Gasteiger partial charge in [0.05, 0.1) is 17.8 Å². The third-order valence-corrected chi connectivity index (χ3v) is 9.28. The zero-order chi connectivity index (χ0) is 31.0. The Morgan fingerprint density at radius 2 is 1.71 bits per heavy atom. The van der Waals surface area contributed by atoms with Gasteiger partial charge in [0.25, 0.3) is 5.91 Å². The first kappa shape index (κ1) is 34.8. The van der Waals surface area contributed by atoms with Crippen LogP contribution in [0.5, 0.6) is 0 Å². The highest BCUT2D eigenvalue weighted by molar-refractivity contribution is 7.90. The van der Waals surface area contributed by atoms with Crippen molar-refractivity contribution in [3.63, 3.8) is 0 Å². The number of sulfonamides is 1. The summed E-state index contributed by atoms with van der Waals surface area (Å²) >= 11 is 4.03. The summed E-state index contributed by atoms with van der Waals surface area (Å²) in [5.74, 6) is -1.00. The van der Waals surface area contributed by atoms with E-state index in [1.807, 2.05) is 65.0 Å². The zero-order valence-corrected chi connectivity index (χ0v) is 27.2. The number of amides is 3. The third-order valence-electron chi connectivity index (χ3n) is 7.64. The highest BCUT2D eigenvalue weighted by atomic mass is 32.2. The fraction of sp³-hybridized carbons (Fsp3) is 0.633. The number of thiol groups is 1. The van der Waals surface area contributed by atoms with Gasteiger partial charge >= 0.3 is 0 Å². The lowest BCUT2D eigenvalue weighted by atomic mass is 9.76. The zero-order valence-electron chi connectivity index (χ0n) is 25.5. The van der Waals surface area contributed by atoms with Crippen molar-refractivity contribution in [3.8, 4) is 0 Å². The third kappa shape index (κ3) is 9.58. The van der Waals surface area contributed by atoms with E-state index in [0.717, 1.165) is 18.4 Å². The molecule has 41 heavy (non-hydrogen) atoms. The molecular formula is C30H48N4O5S2. The fourth-order valence-electron chi connectivity index (χ4n) is 5.19. The lowest BCUT2D eigenvalue weighted by Crippen LogP contribution is -2.62. The number of carbonyl (C=O) groups is 3. The topological polar surface area (TPSA) is 125 Å². The minimum atomic E-state index is -3.77. The van der Waals surface area contributed by atoms with Crippen molar-refractivity contribution < 1.29 is 22.8 Å². The van der Waals surface area contributed by atoms with Crippen LogP contribution in [0.2, 0.25) is 0 Å².